The van der Waals surface area contributed by atoms with Crippen LogP contribution < -0.4 is 16.0 Å². The van der Waals surface area contributed by atoms with Gasteiger partial charge in [-0.25, -0.2) is 9.59 Å². The van der Waals surface area contributed by atoms with Gasteiger partial charge in [0.25, 0.3) is 0 Å². The number of hydrogen-bond acceptors (Lipinski definition) is 5. The molecular weight excluding hydrogens is 342 g/mol. The van der Waals surface area contributed by atoms with Crippen LogP contribution >= 0.6 is 0 Å². The Balaban J connectivity index is 4.51. The van der Waals surface area contributed by atoms with Crippen molar-refractivity contribution in [2.24, 2.45) is 0 Å². The Morgan fingerprint density at radius 2 is 1.73 bits per heavy atom. The van der Waals surface area contributed by atoms with Crippen molar-refractivity contribution in [1.82, 2.24) is 16.0 Å². The van der Waals surface area contributed by atoms with Crippen LogP contribution in [0, 0.1) is 0 Å². The lowest BCUT2D eigenvalue weighted by Gasteiger charge is -2.20. The molecule has 0 heterocycles. The summed E-state index contributed by atoms with van der Waals surface area (Å²) in [6.45, 7) is 10.0. The third-order valence-electron chi connectivity index (χ3n) is 3.00. The Labute approximate surface area is 153 Å². The zero-order chi connectivity index (χ0) is 20.3. The molecule has 0 bridgehead atoms. The first kappa shape index (κ1) is 23.4. The van der Waals surface area contributed by atoms with Gasteiger partial charge in [0.05, 0.1) is 0 Å². The number of ether oxygens (including phenoxy) is 1. The topological polar surface area (TPSA) is 134 Å². The number of hydrogen-bond donors (Lipinski definition) is 4. The second kappa shape index (κ2) is 11.1. The molecule has 0 aliphatic heterocycles. The van der Waals surface area contributed by atoms with E-state index in [9.17, 15) is 24.3 Å². The van der Waals surface area contributed by atoms with Crippen LogP contribution in [0.15, 0.2) is 12.3 Å². The second-order valence-corrected chi connectivity index (χ2v) is 6.72. The van der Waals surface area contributed by atoms with Gasteiger partial charge in [-0.3, -0.25) is 9.59 Å². The zero-order valence-electron chi connectivity index (χ0n) is 15.8. The number of alkyl carbamates (subject to hydrolysis) is 1. The van der Waals surface area contributed by atoms with Crippen LogP contribution in [-0.2, 0) is 19.1 Å². The molecule has 4 N–H and O–H groups in total. The molecule has 0 rings (SSSR count). The number of unbranched alkanes of at least 4 members (excludes halogenated alkanes) is 2. The van der Waals surface area contributed by atoms with Crippen LogP contribution in [0.5, 0.6) is 0 Å². The second-order valence-electron chi connectivity index (χ2n) is 6.72. The third-order valence-corrected chi connectivity index (χ3v) is 3.00. The molecule has 0 aromatic heterocycles. The molecule has 0 saturated heterocycles. The number of carbonyl (C=O) groups excluding carboxylic acids is 3. The molecule has 0 saturated carbocycles. The van der Waals surface area contributed by atoms with Gasteiger partial charge >= 0.3 is 12.1 Å². The number of rotatable bonds is 10. The largest absolute Gasteiger partial charge is 0.479 e. The highest BCUT2D eigenvalue weighted by Crippen LogP contribution is 2.06. The molecular formula is C17H29N3O6. The standard InChI is InChI=1S/C17H29N3O6/c1-6-7-8-9-12(21)19-11(2)14(15(23)24)20-13(22)10-18-16(25)26-17(3,4)5/h14H,2,6-10H2,1,3-5H3,(H,18,25)(H,19,21)(H,20,22)(H,23,24)/t14-/m1/s1. The lowest BCUT2D eigenvalue weighted by Crippen LogP contribution is -2.49. The van der Waals surface area contributed by atoms with Crippen molar-refractivity contribution in [2.75, 3.05) is 6.54 Å². The lowest BCUT2D eigenvalue weighted by atomic mass is 10.1. The monoisotopic (exact) mass is 371 g/mol. The molecule has 0 unspecified atom stereocenters. The van der Waals surface area contributed by atoms with Crippen LogP contribution in [0.25, 0.3) is 0 Å². The van der Waals surface area contributed by atoms with Gasteiger partial charge < -0.3 is 25.8 Å². The summed E-state index contributed by atoms with van der Waals surface area (Å²) in [6, 6.07) is -1.50. The van der Waals surface area contributed by atoms with E-state index in [1.54, 1.807) is 20.8 Å². The molecule has 0 aliphatic rings. The summed E-state index contributed by atoms with van der Waals surface area (Å²) in [5, 5.41) is 16.0. The lowest BCUT2D eigenvalue weighted by molar-refractivity contribution is -0.140. The number of amides is 3. The van der Waals surface area contributed by atoms with Gasteiger partial charge in [0.1, 0.15) is 12.1 Å². The highest BCUT2D eigenvalue weighted by atomic mass is 16.6. The Kier molecular flexibility index (Phi) is 10.0. The molecule has 0 fully saturated rings. The minimum atomic E-state index is -1.50. The summed E-state index contributed by atoms with van der Waals surface area (Å²) in [5.74, 6) is -2.50. The first-order valence-electron chi connectivity index (χ1n) is 8.44. The van der Waals surface area contributed by atoms with Gasteiger partial charge in [0, 0.05) is 12.1 Å². The predicted molar refractivity (Wildman–Crippen MR) is 95.2 cm³/mol. The fourth-order valence-electron chi connectivity index (χ4n) is 1.83. The molecule has 26 heavy (non-hydrogen) atoms. The summed E-state index contributed by atoms with van der Waals surface area (Å²) in [4.78, 5) is 46.4. The van der Waals surface area contributed by atoms with E-state index in [4.69, 9.17) is 4.74 Å². The Bertz CT molecular complexity index is 539. The third kappa shape index (κ3) is 11.1. The normalized spacial score (nSPS) is 11.8. The van der Waals surface area contributed by atoms with Crippen LogP contribution in [0.1, 0.15) is 53.4 Å². The number of nitrogens with one attached hydrogen (secondary N) is 3. The summed E-state index contributed by atoms with van der Waals surface area (Å²) >= 11 is 0. The molecule has 0 aromatic carbocycles. The van der Waals surface area contributed by atoms with E-state index in [-0.39, 0.29) is 18.0 Å². The average molecular weight is 371 g/mol. The van der Waals surface area contributed by atoms with Gasteiger partial charge in [-0.1, -0.05) is 26.3 Å². The van der Waals surface area contributed by atoms with Gasteiger partial charge in [0.15, 0.2) is 6.04 Å². The Hall–Kier alpha value is -2.58. The molecule has 9 nitrogen and oxygen atoms in total. The summed E-state index contributed by atoms with van der Waals surface area (Å²) in [6.07, 6.45) is 1.96. The van der Waals surface area contributed by atoms with Crippen molar-refractivity contribution in [1.29, 1.82) is 0 Å². The van der Waals surface area contributed by atoms with Crippen molar-refractivity contribution in [3.63, 3.8) is 0 Å². The van der Waals surface area contributed by atoms with Crippen LogP contribution in [0.2, 0.25) is 0 Å². The number of carbonyl (C=O) groups is 4. The molecule has 0 aromatic rings. The maximum absolute atomic E-state index is 11.8. The minimum Gasteiger partial charge on any atom is -0.479 e. The van der Waals surface area contributed by atoms with E-state index in [1.165, 1.54) is 0 Å². The summed E-state index contributed by atoms with van der Waals surface area (Å²) in [5.41, 5.74) is -0.870. The number of carboxylic acid groups (broad SMARTS) is 1. The number of carboxylic acids is 1. The fraction of sp³-hybridized carbons (Fsp3) is 0.647. The minimum absolute atomic E-state index is 0.149. The first-order chi connectivity index (χ1) is 12.0. The fourth-order valence-corrected chi connectivity index (χ4v) is 1.83. The van der Waals surface area contributed by atoms with Crippen molar-refractivity contribution >= 4 is 23.9 Å². The molecule has 1 atom stereocenters. The van der Waals surface area contributed by atoms with Gasteiger partial charge in [-0.05, 0) is 27.2 Å². The highest BCUT2D eigenvalue weighted by Gasteiger charge is 2.25. The van der Waals surface area contributed by atoms with Crippen LogP contribution in [0.3, 0.4) is 0 Å². The molecule has 9 heteroatoms. The quantitative estimate of drug-likeness (QED) is 0.428. The first-order valence-corrected chi connectivity index (χ1v) is 8.44. The van der Waals surface area contributed by atoms with E-state index in [1.807, 2.05) is 6.92 Å². The van der Waals surface area contributed by atoms with E-state index in [2.05, 4.69) is 22.5 Å². The van der Waals surface area contributed by atoms with Crippen molar-refractivity contribution in [3.8, 4) is 0 Å². The molecule has 0 aliphatic carbocycles. The van der Waals surface area contributed by atoms with E-state index in [0.29, 0.717) is 6.42 Å². The van der Waals surface area contributed by atoms with Crippen LogP contribution in [0.4, 0.5) is 4.79 Å². The highest BCUT2D eigenvalue weighted by molar-refractivity contribution is 5.89. The SMILES string of the molecule is C=C(NC(=O)CCCCC)[C@@H](NC(=O)CNC(=O)OC(C)(C)C)C(=O)O. The zero-order valence-corrected chi connectivity index (χ0v) is 15.8. The van der Waals surface area contributed by atoms with E-state index >= 15 is 0 Å². The maximum atomic E-state index is 11.8. The molecule has 0 radical (unpaired) electrons. The average Bonchev–Trinajstić information content (AvgIpc) is 2.48. The van der Waals surface area contributed by atoms with Gasteiger partial charge in [-0.2, -0.15) is 0 Å². The van der Waals surface area contributed by atoms with Crippen molar-refractivity contribution in [2.45, 2.75) is 65.0 Å². The Morgan fingerprint density at radius 3 is 2.23 bits per heavy atom. The van der Waals surface area contributed by atoms with E-state index < -0.39 is 36.2 Å². The van der Waals surface area contributed by atoms with Crippen molar-refractivity contribution in [3.05, 3.63) is 12.3 Å². The van der Waals surface area contributed by atoms with Crippen LogP contribution in [-0.4, -0.2) is 47.2 Å². The Morgan fingerprint density at radius 1 is 1.12 bits per heavy atom. The molecule has 0 spiro atoms. The smallest absolute Gasteiger partial charge is 0.408 e. The molecule has 148 valence electrons. The molecule has 3 amide bonds. The predicted octanol–water partition coefficient (Wildman–Crippen LogP) is 1.29. The van der Waals surface area contributed by atoms with Crippen molar-refractivity contribution < 1.29 is 29.0 Å². The maximum Gasteiger partial charge on any atom is 0.408 e. The summed E-state index contributed by atoms with van der Waals surface area (Å²) in [7, 11) is 0. The summed E-state index contributed by atoms with van der Waals surface area (Å²) < 4.78 is 4.97. The number of aliphatic carboxylic acids is 1. The van der Waals surface area contributed by atoms with Gasteiger partial charge in [-0.15, -0.1) is 0 Å². The van der Waals surface area contributed by atoms with E-state index in [0.717, 1.165) is 12.8 Å². The van der Waals surface area contributed by atoms with Gasteiger partial charge in [0.2, 0.25) is 11.8 Å².